The van der Waals surface area contributed by atoms with Gasteiger partial charge in [-0.2, -0.15) is 0 Å². The summed E-state index contributed by atoms with van der Waals surface area (Å²) >= 11 is 0. The third kappa shape index (κ3) is 1.72. The second-order valence-corrected chi connectivity index (χ2v) is 4.63. The third-order valence-electron chi connectivity index (χ3n) is 2.95. The Kier molecular flexibility index (Phi) is 2.41. The van der Waals surface area contributed by atoms with Gasteiger partial charge in [0.05, 0.1) is 12.2 Å². The number of aliphatic hydroxyl groups excluding tert-OH is 1. The van der Waals surface area contributed by atoms with Gasteiger partial charge >= 0.3 is 0 Å². The van der Waals surface area contributed by atoms with E-state index in [1.165, 1.54) is 0 Å². The fourth-order valence-corrected chi connectivity index (χ4v) is 2.01. The topological polar surface area (TPSA) is 38.7 Å². The Morgan fingerprint density at radius 1 is 1.36 bits per heavy atom. The Morgan fingerprint density at radius 2 is 2.14 bits per heavy atom. The normalized spacial score (nSPS) is 41.5. The quantitative estimate of drug-likeness (QED) is 0.601. The minimum Gasteiger partial charge on any atom is -0.386 e. The summed E-state index contributed by atoms with van der Waals surface area (Å²) in [6.45, 7) is 4.53. The zero-order valence-electron chi connectivity index (χ0n) is 8.82. The molecule has 0 bridgehead atoms. The van der Waals surface area contributed by atoms with E-state index in [0.717, 1.165) is 25.9 Å². The lowest BCUT2D eigenvalue weighted by molar-refractivity contribution is -0.289. The summed E-state index contributed by atoms with van der Waals surface area (Å²) in [6, 6.07) is 0. The van der Waals surface area contributed by atoms with E-state index in [1.807, 2.05) is 19.9 Å². The summed E-state index contributed by atoms with van der Waals surface area (Å²) in [4.78, 5) is 0. The number of hydrogen-bond acceptors (Lipinski definition) is 3. The van der Waals surface area contributed by atoms with Gasteiger partial charge in [0.15, 0.2) is 5.79 Å². The van der Waals surface area contributed by atoms with Crippen molar-refractivity contribution < 1.29 is 14.6 Å². The van der Waals surface area contributed by atoms with E-state index in [2.05, 4.69) is 0 Å². The molecule has 3 nitrogen and oxygen atoms in total. The van der Waals surface area contributed by atoms with Crippen LogP contribution in [0.1, 0.15) is 33.1 Å². The molecule has 0 aromatic carbocycles. The predicted octanol–water partition coefficient (Wildman–Crippen LogP) is 1.61. The summed E-state index contributed by atoms with van der Waals surface area (Å²) in [7, 11) is 0. The Balaban J connectivity index is 2.18. The van der Waals surface area contributed by atoms with Crippen molar-refractivity contribution in [2.75, 3.05) is 6.61 Å². The summed E-state index contributed by atoms with van der Waals surface area (Å²) in [5.41, 5.74) is -0.550. The van der Waals surface area contributed by atoms with E-state index in [0.29, 0.717) is 0 Å². The van der Waals surface area contributed by atoms with Crippen LogP contribution in [0.4, 0.5) is 0 Å². The van der Waals surface area contributed by atoms with Gasteiger partial charge in [0.1, 0.15) is 6.10 Å². The summed E-state index contributed by atoms with van der Waals surface area (Å²) in [5.74, 6) is -0.568. The second-order valence-electron chi connectivity index (χ2n) is 4.63. The van der Waals surface area contributed by atoms with Gasteiger partial charge in [-0.1, -0.05) is 6.08 Å². The lowest BCUT2D eigenvalue weighted by atomic mass is 9.93. The predicted molar refractivity (Wildman–Crippen MR) is 52.8 cm³/mol. The average Bonchev–Trinajstić information content (AvgIpc) is 2.13. The first-order chi connectivity index (χ1) is 6.54. The van der Waals surface area contributed by atoms with Crippen LogP contribution in [0.15, 0.2) is 12.2 Å². The molecule has 0 radical (unpaired) electrons. The number of ether oxygens (including phenoxy) is 2. The Morgan fingerprint density at radius 3 is 2.71 bits per heavy atom. The maximum absolute atomic E-state index is 9.68. The van der Waals surface area contributed by atoms with Crippen LogP contribution < -0.4 is 0 Å². The first kappa shape index (κ1) is 10.1. The zero-order chi connectivity index (χ0) is 10.2. The zero-order valence-corrected chi connectivity index (χ0v) is 8.82. The van der Waals surface area contributed by atoms with Crippen molar-refractivity contribution in [2.45, 2.75) is 50.6 Å². The third-order valence-corrected chi connectivity index (χ3v) is 2.95. The van der Waals surface area contributed by atoms with Crippen LogP contribution >= 0.6 is 0 Å². The monoisotopic (exact) mass is 198 g/mol. The molecule has 1 fully saturated rings. The van der Waals surface area contributed by atoms with Crippen LogP contribution in [0.2, 0.25) is 0 Å². The molecule has 2 atom stereocenters. The first-order valence-corrected chi connectivity index (χ1v) is 5.26. The van der Waals surface area contributed by atoms with Crippen LogP contribution in [0.3, 0.4) is 0 Å². The van der Waals surface area contributed by atoms with Crippen LogP contribution in [-0.2, 0) is 9.47 Å². The summed E-state index contributed by atoms with van der Waals surface area (Å²) in [6.07, 6.45) is 6.22. The van der Waals surface area contributed by atoms with E-state index in [-0.39, 0.29) is 0 Å². The average molecular weight is 198 g/mol. The van der Waals surface area contributed by atoms with Crippen molar-refractivity contribution in [1.29, 1.82) is 0 Å². The lowest BCUT2D eigenvalue weighted by Gasteiger charge is -2.45. The van der Waals surface area contributed by atoms with Gasteiger partial charge < -0.3 is 14.6 Å². The van der Waals surface area contributed by atoms with Gasteiger partial charge in [0.2, 0.25) is 0 Å². The largest absolute Gasteiger partial charge is 0.386 e. The smallest absolute Gasteiger partial charge is 0.188 e. The van der Waals surface area contributed by atoms with E-state index >= 15 is 0 Å². The van der Waals surface area contributed by atoms with Crippen molar-refractivity contribution in [1.82, 2.24) is 0 Å². The standard InChI is InChI=1S/C11H18O3/c1-10(2)9(12)5-7-11(14-10)6-3-4-8-13-11/h5,7,9,12H,3-4,6,8H2,1-2H3. The molecule has 1 N–H and O–H groups in total. The van der Waals surface area contributed by atoms with E-state index in [4.69, 9.17) is 9.47 Å². The van der Waals surface area contributed by atoms with Crippen molar-refractivity contribution >= 4 is 0 Å². The van der Waals surface area contributed by atoms with Crippen molar-refractivity contribution in [3.63, 3.8) is 0 Å². The minimum atomic E-state index is -0.568. The molecule has 0 saturated carbocycles. The van der Waals surface area contributed by atoms with Gasteiger partial charge in [-0.05, 0) is 32.8 Å². The fraction of sp³-hybridized carbons (Fsp3) is 0.818. The van der Waals surface area contributed by atoms with Crippen molar-refractivity contribution in [3.8, 4) is 0 Å². The van der Waals surface area contributed by atoms with E-state index < -0.39 is 17.5 Å². The molecule has 2 aliphatic rings. The summed E-state index contributed by atoms with van der Waals surface area (Å²) in [5, 5.41) is 9.68. The van der Waals surface area contributed by atoms with Crippen LogP contribution in [0.5, 0.6) is 0 Å². The molecular formula is C11H18O3. The minimum absolute atomic E-state index is 0.543. The van der Waals surface area contributed by atoms with Gasteiger partial charge in [0, 0.05) is 6.42 Å². The highest BCUT2D eigenvalue weighted by Gasteiger charge is 2.43. The molecular weight excluding hydrogens is 180 g/mol. The number of hydrogen-bond donors (Lipinski definition) is 1. The van der Waals surface area contributed by atoms with E-state index in [9.17, 15) is 5.11 Å². The number of aliphatic hydroxyl groups is 1. The maximum Gasteiger partial charge on any atom is 0.188 e. The molecule has 0 aliphatic carbocycles. The Bertz CT molecular complexity index is 239. The molecule has 2 unspecified atom stereocenters. The molecule has 80 valence electrons. The lowest BCUT2D eigenvalue weighted by Crippen LogP contribution is -2.52. The van der Waals surface area contributed by atoms with E-state index in [1.54, 1.807) is 6.08 Å². The molecule has 0 amide bonds. The fourth-order valence-electron chi connectivity index (χ4n) is 2.01. The molecule has 0 aromatic heterocycles. The van der Waals surface area contributed by atoms with Crippen LogP contribution in [0.25, 0.3) is 0 Å². The van der Waals surface area contributed by atoms with Gasteiger partial charge in [-0.15, -0.1) is 0 Å². The molecule has 1 saturated heterocycles. The molecule has 0 aromatic rings. The number of rotatable bonds is 0. The molecule has 2 rings (SSSR count). The van der Waals surface area contributed by atoms with Crippen LogP contribution in [0, 0.1) is 0 Å². The first-order valence-electron chi connectivity index (χ1n) is 5.26. The maximum atomic E-state index is 9.68. The molecule has 2 aliphatic heterocycles. The Labute approximate surface area is 84.7 Å². The second kappa shape index (κ2) is 3.33. The van der Waals surface area contributed by atoms with Gasteiger partial charge in [-0.3, -0.25) is 0 Å². The molecule has 3 heteroatoms. The van der Waals surface area contributed by atoms with Crippen molar-refractivity contribution in [2.24, 2.45) is 0 Å². The van der Waals surface area contributed by atoms with Crippen molar-refractivity contribution in [3.05, 3.63) is 12.2 Å². The van der Waals surface area contributed by atoms with Crippen LogP contribution in [-0.4, -0.2) is 29.2 Å². The highest BCUT2D eigenvalue weighted by Crippen LogP contribution is 2.37. The molecule has 1 spiro atoms. The summed E-state index contributed by atoms with van der Waals surface area (Å²) < 4.78 is 11.5. The molecule has 14 heavy (non-hydrogen) atoms. The highest BCUT2D eigenvalue weighted by atomic mass is 16.7. The van der Waals surface area contributed by atoms with Gasteiger partial charge in [-0.25, -0.2) is 0 Å². The highest BCUT2D eigenvalue weighted by molar-refractivity contribution is 5.10. The SMILES string of the molecule is CC1(C)OC2(C=CC1O)CCCCO2. The van der Waals surface area contributed by atoms with Gasteiger partial charge in [0.25, 0.3) is 0 Å². The Hall–Kier alpha value is -0.380. The molecule has 2 heterocycles.